The number of nitrogens with zero attached hydrogens (tertiary/aromatic N) is 3. The fraction of sp³-hybridized carbons (Fsp3) is 0.263. The second kappa shape index (κ2) is 6.47. The Morgan fingerprint density at radius 3 is 2.88 bits per heavy atom. The molecular weight excluding hydrogens is 318 g/mol. The Labute approximate surface area is 145 Å². The normalized spacial score (nSPS) is 16.0. The van der Waals surface area contributed by atoms with Crippen molar-refractivity contribution in [3.8, 4) is 11.5 Å². The summed E-state index contributed by atoms with van der Waals surface area (Å²) in [7, 11) is 0. The van der Waals surface area contributed by atoms with Gasteiger partial charge < -0.3 is 18.8 Å². The predicted octanol–water partition coefficient (Wildman–Crippen LogP) is 2.52. The van der Waals surface area contributed by atoms with E-state index in [-0.39, 0.29) is 12.5 Å². The molecule has 0 bridgehead atoms. The zero-order valence-electron chi connectivity index (χ0n) is 14.0. The molecule has 4 rings (SSSR count). The molecule has 6 heteroatoms. The van der Waals surface area contributed by atoms with Crippen LogP contribution in [0.15, 0.2) is 54.9 Å². The van der Waals surface area contributed by atoms with Crippen LogP contribution in [-0.4, -0.2) is 39.4 Å². The number of aromatic nitrogens is 2. The lowest BCUT2D eigenvalue weighted by Gasteiger charge is -2.30. The van der Waals surface area contributed by atoms with E-state index in [0.717, 1.165) is 11.3 Å². The summed E-state index contributed by atoms with van der Waals surface area (Å²) >= 11 is 0. The molecule has 0 aliphatic carbocycles. The average Bonchev–Trinajstić information content (AvgIpc) is 3.08. The first-order valence-corrected chi connectivity index (χ1v) is 8.34. The monoisotopic (exact) mass is 337 g/mol. The predicted molar refractivity (Wildman–Crippen MR) is 92.6 cm³/mol. The molecule has 6 nitrogen and oxygen atoms in total. The largest absolute Gasteiger partial charge is 0.485 e. The van der Waals surface area contributed by atoms with Gasteiger partial charge in [-0.3, -0.25) is 4.79 Å². The third-order valence-electron chi connectivity index (χ3n) is 4.32. The first-order chi connectivity index (χ1) is 12.3. The van der Waals surface area contributed by atoms with E-state index in [0.29, 0.717) is 24.6 Å². The lowest BCUT2D eigenvalue weighted by atomic mass is 10.2. The van der Waals surface area contributed by atoms with Crippen LogP contribution in [0.4, 0.5) is 0 Å². The number of ether oxygens (including phenoxy) is 2. The lowest BCUT2D eigenvalue weighted by molar-refractivity contribution is -0.141. The van der Waals surface area contributed by atoms with E-state index in [1.807, 2.05) is 60.0 Å². The number of fused-ring (bicyclic) bond motifs is 2. The van der Waals surface area contributed by atoms with Crippen molar-refractivity contribution >= 4 is 11.6 Å². The Kier molecular flexibility index (Phi) is 4.01. The number of imidazole rings is 1. The van der Waals surface area contributed by atoms with Crippen LogP contribution in [0.2, 0.25) is 0 Å². The van der Waals surface area contributed by atoms with Crippen molar-refractivity contribution in [3.63, 3.8) is 0 Å². The summed E-state index contributed by atoms with van der Waals surface area (Å²) < 4.78 is 13.5. The van der Waals surface area contributed by atoms with Gasteiger partial charge in [0.15, 0.2) is 11.5 Å². The Morgan fingerprint density at radius 2 is 2.04 bits per heavy atom. The molecule has 3 aromatic rings. The zero-order chi connectivity index (χ0) is 17.2. The number of rotatable bonds is 4. The summed E-state index contributed by atoms with van der Waals surface area (Å²) in [4.78, 5) is 19.0. The molecule has 1 aromatic carbocycles. The summed E-state index contributed by atoms with van der Waals surface area (Å²) in [5.74, 6) is 1.21. The molecule has 0 N–H and O–H groups in total. The summed E-state index contributed by atoms with van der Waals surface area (Å²) in [5.41, 5.74) is 1.83. The summed E-state index contributed by atoms with van der Waals surface area (Å²) in [6, 6.07) is 13.2. The van der Waals surface area contributed by atoms with Crippen LogP contribution in [0.3, 0.4) is 0 Å². The summed E-state index contributed by atoms with van der Waals surface area (Å²) in [6.07, 6.45) is 3.12. The minimum Gasteiger partial charge on any atom is -0.485 e. The van der Waals surface area contributed by atoms with Gasteiger partial charge in [0.25, 0.3) is 5.91 Å². The minimum atomic E-state index is -0.631. The van der Waals surface area contributed by atoms with E-state index >= 15 is 0 Å². The van der Waals surface area contributed by atoms with E-state index in [9.17, 15) is 4.79 Å². The van der Waals surface area contributed by atoms with Crippen molar-refractivity contribution in [2.45, 2.75) is 19.6 Å². The SMILES string of the molecule is CCN(Cc1cnc2ccccn12)C(=O)C1COc2ccccc2O1. The Balaban J connectivity index is 1.52. The molecule has 1 amide bonds. The van der Waals surface area contributed by atoms with Crippen LogP contribution in [0.25, 0.3) is 5.65 Å². The maximum atomic E-state index is 12.9. The third-order valence-corrected chi connectivity index (χ3v) is 4.32. The van der Waals surface area contributed by atoms with Gasteiger partial charge in [0, 0.05) is 12.7 Å². The van der Waals surface area contributed by atoms with Crippen molar-refractivity contribution in [3.05, 3.63) is 60.6 Å². The van der Waals surface area contributed by atoms with Gasteiger partial charge in [-0.05, 0) is 31.2 Å². The summed E-state index contributed by atoms with van der Waals surface area (Å²) in [6.45, 7) is 3.24. The number of pyridine rings is 1. The molecule has 25 heavy (non-hydrogen) atoms. The quantitative estimate of drug-likeness (QED) is 0.734. The number of para-hydroxylation sites is 2. The fourth-order valence-corrected chi connectivity index (χ4v) is 2.99. The molecule has 3 heterocycles. The minimum absolute atomic E-state index is 0.0807. The Bertz CT molecular complexity index is 906. The van der Waals surface area contributed by atoms with Gasteiger partial charge in [0.2, 0.25) is 6.10 Å². The molecule has 0 saturated heterocycles. The number of hydrogen-bond acceptors (Lipinski definition) is 4. The fourth-order valence-electron chi connectivity index (χ4n) is 2.99. The topological polar surface area (TPSA) is 56.1 Å². The van der Waals surface area contributed by atoms with Crippen molar-refractivity contribution in [2.75, 3.05) is 13.2 Å². The third kappa shape index (κ3) is 2.91. The number of carbonyl (C=O) groups is 1. The second-order valence-corrected chi connectivity index (χ2v) is 5.90. The average molecular weight is 337 g/mol. The highest BCUT2D eigenvalue weighted by Crippen LogP contribution is 2.31. The van der Waals surface area contributed by atoms with E-state index in [1.165, 1.54) is 0 Å². The number of benzene rings is 1. The van der Waals surface area contributed by atoms with Crippen molar-refractivity contribution in [1.82, 2.24) is 14.3 Å². The lowest BCUT2D eigenvalue weighted by Crippen LogP contribution is -2.46. The highest BCUT2D eigenvalue weighted by atomic mass is 16.6. The van der Waals surface area contributed by atoms with Crippen molar-refractivity contribution in [1.29, 1.82) is 0 Å². The van der Waals surface area contributed by atoms with Gasteiger partial charge >= 0.3 is 0 Å². The second-order valence-electron chi connectivity index (χ2n) is 5.90. The zero-order valence-corrected chi connectivity index (χ0v) is 14.0. The molecule has 0 saturated carbocycles. The molecule has 1 atom stereocenters. The molecular formula is C19H19N3O3. The van der Waals surface area contributed by atoms with Crippen LogP contribution in [0.1, 0.15) is 12.6 Å². The van der Waals surface area contributed by atoms with Crippen molar-refractivity contribution in [2.24, 2.45) is 0 Å². The van der Waals surface area contributed by atoms with Crippen LogP contribution in [0.5, 0.6) is 11.5 Å². The van der Waals surface area contributed by atoms with Gasteiger partial charge in [0.1, 0.15) is 12.3 Å². The summed E-state index contributed by atoms with van der Waals surface area (Å²) in [5, 5.41) is 0. The van der Waals surface area contributed by atoms with E-state index in [2.05, 4.69) is 4.98 Å². The number of carbonyl (C=O) groups excluding carboxylic acids is 1. The molecule has 1 aliphatic rings. The highest BCUT2D eigenvalue weighted by Gasteiger charge is 2.30. The number of amides is 1. The van der Waals surface area contributed by atoms with Crippen molar-refractivity contribution < 1.29 is 14.3 Å². The standard InChI is InChI=1S/C19H19N3O3/c1-2-21(12-14-11-20-18-9-5-6-10-22(14)18)19(23)17-13-24-15-7-3-4-8-16(15)25-17/h3-11,17H,2,12-13H2,1H3. The molecule has 0 radical (unpaired) electrons. The molecule has 0 fully saturated rings. The first kappa shape index (κ1) is 15.5. The number of hydrogen-bond donors (Lipinski definition) is 0. The van der Waals surface area contributed by atoms with Gasteiger partial charge in [0.05, 0.1) is 18.4 Å². The van der Waals surface area contributed by atoms with Crippen LogP contribution >= 0.6 is 0 Å². The van der Waals surface area contributed by atoms with Crippen LogP contribution < -0.4 is 9.47 Å². The van der Waals surface area contributed by atoms with Crippen LogP contribution in [0, 0.1) is 0 Å². The Hall–Kier alpha value is -3.02. The molecule has 1 aliphatic heterocycles. The molecule has 0 spiro atoms. The van der Waals surface area contributed by atoms with Crippen LogP contribution in [-0.2, 0) is 11.3 Å². The molecule has 2 aromatic heterocycles. The maximum Gasteiger partial charge on any atom is 0.267 e. The van der Waals surface area contributed by atoms with Gasteiger partial charge in [-0.1, -0.05) is 18.2 Å². The van der Waals surface area contributed by atoms with Gasteiger partial charge in [-0.2, -0.15) is 0 Å². The van der Waals surface area contributed by atoms with E-state index < -0.39 is 6.10 Å². The first-order valence-electron chi connectivity index (χ1n) is 8.34. The maximum absolute atomic E-state index is 12.9. The smallest absolute Gasteiger partial charge is 0.267 e. The van der Waals surface area contributed by atoms with Gasteiger partial charge in [-0.15, -0.1) is 0 Å². The molecule has 1 unspecified atom stereocenters. The highest BCUT2D eigenvalue weighted by molar-refractivity contribution is 5.82. The van der Waals surface area contributed by atoms with E-state index in [1.54, 1.807) is 11.1 Å². The van der Waals surface area contributed by atoms with Gasteiger partial charge in [-0.25, -0.2) is 4.98 Å². The molecule has 128 valence electrons. The number of likely N-dealkylation sites (N-methyl/N-ethyl adjacent to an activating group) is 1. The Morgan fingerprint density at radius 1 is 1.24 bits per heavy atom. The van der Waals surface area contributed by atoms with E-state index in [4.69, 9.17) is 9.47 Å².